The number of rotatable bonds is 17. The molecule has 4 heteroatoms. The van der Waals surface area contributed by atoms with Gasteiger partial charge in [0.25, 0.3) is 0 Å². The number of aryl methyl sites for hydroxylation is 1. The molecule has 0 saturated carbocycles. The Hall–Kier alpha value is -2.23. The highest BCUT2D eigenvalue weighted by Crippen LogP contribution is 2.21. The number of aromatic nitrogens is 2. The summed E-state index contributed by atoms with van der Waals surface area (Å²) < 4.78 is 5.45. The molecule has 0 aliphatic rings. The number of benzene rings is 1. The van der Waals surface area contributed by atoms with E-state index in [-0.39, 0.29) is 5.97 Å². The fraction of sp³-hybridized carbons (Fsp3) is 0.607. The SMILES string of the molecule is CCCCCCCCCCc1cnc(-c2ccc(OC(=O)CCCCCCC)cc2)cn1. The number of carbonyl (C=O) groups excluding carboxylic acids is 1. The molecule has 0 N–H and O–H groups in total. The van der Waals surface area contributed by atoms with E-state index < -0.39 is 0 Å². The number of unbranched alkanes of at least 4 members (excludes halogenated alkanes) is 11. The minimum atomic E-state index is -0.153. The Morgan fingerprint density at radius 1 is 0.719 bits per heavy atom. The average molecular weight is 439 g/mol. The third-order valence-corrected chi connectivity index (χ3v) is 5.86. The van der Waals surface area contributed by atoms with Gasteiger partial charge in [0.2, 0.25) is 0 Å². The van der Waals surface area contributed by atoms with Gasteiger partial charge in [-0.3, -0.25) is 14.8 Å². The minimum absolute atomic E-state index is 0.153. The van der Waals surface area contributed by atoms with Crippen molar-refractivity contribution in [3.63, 3.8) is 0 Å². The highest BCUT2D eigenvalue weighted by atomic mass is 16.5. The molecule has 1 aromatic heterocycles. The van der Waals surface area contributed by atoms with E-state index in [4.69, 9.17) is 4.74 Å². The Labute approximate surface area is 195 Å². The molecule has 0 radical (unpaired) electrons. The predicted molar refractivity (Wildman–Crippen MR) is 133 cm³/mol. The third kappa shape index (κ3) is 10.9. The predicted octanol–water partition coefficient (Wildman–Crippen LogP) is 8.09. The molecule has 2 rings (SSSR count). The van der Waals surface area contributed by atoms with E-state index >= 15 is 0 Å². The second-order valence-electron chi connectivity index (χ2n) is 8.78. The maximum absolute atomic E-state index is 12.0. The maximum atomic E-state index is 12.0. The first-order valence-corrected chi connectivity index (χ1v) is 12.8. The van der Waals surface area contributed by atoms with Gasteiger partial charge in [-0.2, -0.15) is 0 Å². The van der Waals surface area contributed by atoms with Crippen molar-refractivity contribution in [2.75, 3.05) is 0 Å². The smallest absolute Gasteiger partial charge is 0.311 e. The number of carbonyl (C=O) groups is 1. The van der Waals surface area contributed by atoms with E-state index in [1.165, 1.54) is 70.6 Å². The molecule has 32 heavy (non-hydrogen) atoms. The summed E-state index contributed by atoms with van der Waals surface area (Å²) in [7, 11) is 0. The van der Waals surface area contributed by atoms with Crippen LogP contribution >= 0.6 is 0 Å². The van der Waals surface area contributed by atoms with Crippen molar-refractivity contribution < 1.29 is 9.53 Å². The molecule has 4 nitrogen and oxygen atoms in total. The first-order chi connectivity index (χ1) is 15.7. The summed E-state index contributed by atoms with van der Waals surface area (Å²) in [5.74, 6) is 0.436. The number of nitrogens with zero attached hydrogens (tertiary/aromatic N) is 2. The molecule has 0 spiro atoms. The van der Waals surface area contributed by atoms with Crippen LogP contribution < -0.4 is 4.74 Å². The fourth-order valence-electron chi connectivity index (χ4n) is 3.82. The van der Waals surface area contributed by atoms with Crippen molar-refractivity contribution in [3.05, 3.63) is 42.4 Å². The molecular weight excluding hydrogens is 396 g/mol. The van der Waals surface area contributed by atoms with Crippen LogP contribution in [0.25, 0.3) is 11.3 Å². The lowest BCUT2D eigenvalue weighted by Gasteiger charge is -2.06. The zero-order valence-electron chi connectivity index (χ0n) is 20.3. The normalized spacial score (nSPS) is 10.9. The average Bonchev–Trinajstić information content (AvgIpc) is 2.81. The molecule has 0 aliphatic heterocycles. The van der Waals surface area contributed by atoms with Gasteiger partial charge in [0.05, 0.1) is 17.6 Å². The molecule has 0 fully saturated rings. The van der Waals surface area contributed by atoms with Crippen LogP contribution in [0.4, 0.5) is 0 Å². The summed E-state index contributed by atoms with van der Waals surface area (Å²) in [5, 5.41) is 0. The molecule has 1 aromatic carbocycles. The van der Waals surface area contributed by atoms with Crippen LogP contribution in [-0.2, 0) is 11.2 Å². The third-order valence-electron chi connectivity index (χ3n) is 5.86. The van der Waals surface area contributed by atoms with Gasteiger partial charge < -0.3 is 4.74 Å². The van der Waals surface area contributed by atoms with E-state index in [0.29, 0.717) is 12.2 Å². The monoisotopic (exact) mass is 438 g/mol. The van der Waals surface area contributed by atoms with Crippen molar-refractivity contribution in [2.24, 2.45) is 0 Å². The van der Waals surface area contributed by atoms with Crippen LogP contribution in [0.2, 0.25) is 0 Å². The van der Waals surface area contributed by atoms with Gasteiger partial charge in [-0.1, -0.05) is 84.5 Å². The number of ether oxygens (including phenoxy) is 1. The van der Waals surface area contributed by atoms with Crippen LogP contribution in [0.3, 0.4) is 0 Å². The molecule has 0 aliphatic carbocycles. The van der Waals surface area contributed by atoms with Crippen molar-refractivity contribution in [2.45, 2.75) is 110 Å². The lowest BCUT2D eigenvalue weighted by Crippen LogP contribution is -2.07. The molecule has 0 amide bonds. The molecule has 0 bridgehead atoms. The quantitative estimate of drug-likeness (QED) is 0.142. The van der Waals surface area contributed by atoms with Crippen molar-refractivity contribution in [3.8, 4) is 17.0 Å². The van der Waals surface area contributed by atoms with Gasteiger partial charge in [-0.25, -0.2) is 0 Å². The Morgan fingerprint density at radius 3 is 1.91 bits per heavy atom. The van der Waals surface area contributed by atoms with Gasteiger partial charge in [-0.15, -0.1) is 0 Å². The molecule has 2 aromatic rings. The van der Waals surface area contributed by atoms with Crippen LogP contribution in [0, 0.1) is 0 Å². The topological polar surface area (TPSA) is 52.1 Å². The van der Waals surface area contributed by atoms with Gasteiger partial charge in [0.1, 0.15) is 5.75 Å². The second kappa shape index (κ2) is 16.4. The summed E-state index contributed by atoms with van der Waals surface area (Å²) >= 11 is 0. The zero-order chi connectivity index (χ0) is 22.9. The van der Waals surface area contributed by atoms with Crippen LogP contribution in [-0.4, -0.2) is 15.9 Å². The maximum Gasteiger partial charge on any atom is 0.311 e. The number of esters is 1. The van der Waals surface area contributed by atoms with Crippen molar-refractivity contribution >= 4 is 5.97 Å². The molecule has 0 atom stereocenters. The lowest BCUT2D eigenvalue weighted by molar-refractivity contribution is -0.134. The van der Waals surface area contributed by atoms with Crippen LogP contribution in [0.15, 0.2) is 36.7 Å². The highest BCUT2D eigenvalue weighted by Gasteiger charge is 2.06. The summed E-state index contributed by atoms with van der Waals surface area (Å²) in [6, 6.07) is 7.54. The van der Waals surface area contributed by atoms with E-state index in [1.54, 1.807) is 0 Å². The summed E-state index contributed by atoms with van der Waals surface area (Å²) in [5.41, 5.74) is 2.89. The largest absolute Gasteiger partial charge is 0.427 e. The number of hydrogen-bond donors (Lipinski definition) is 0. The molecular formula is C28H42N2O2. The fourth-order valence-corrected chi connectivity index (χ4v) is 3.82. The molecule has 1 heterocycles. The summed E-state index contributed by atoms with van der Waals surface area (Å²) in [6.07, 6.45) is 21.4. The van der Waals surface area contributed by atoms with E-state index in [2.05, 4.69) is 23.8 Å². The van der Waals surface area contributed by atoms with Crippen molar-refractivity contribution in [1.82, 2.24) is 9.97 Å². The van der Waals surface area contributed by atoms with Gasteiger partial charge in [0, 0.05) is 18.2 Å². The van der Waals surface area contributed by atoms with Crippen LogP contribution in [0.1, 0.15) is 109 Å². The summed E-state index contributed by atoms with van der Waals surface area (Å²) in [4.78, 5) is 21.2. The summed E-state index contributed by atoms with van der Waals surface area (Å²) in [6.45, 7) is 4.45. The van der Waals surface area contributed by atoms with Crippen LogP contribution in [0.5, 0.6) is 5.75 Å². The Bertz CT molecular complexity index is 741. The second-order valence-corrected chi connectivity index (χ2v) is 8.78. The first-order valence-electron chi connectivity index (χ1n) is 12.8. The van der Waals surface area contributed by atoms with Gasteiger partial charge in [-0.05, 0) is 43.5 Å². The Morgan fingerprint density at radius 2 is 1.31 bits per heavy atom. The first kappa shape index (κ1) is 26.0. The standard InChI is InChI=1S/C28H42N2O2/c1-3-5-7-9-10-11-13-14-16-25-22-30-27(23-29-25)24-18-20-26(21-19-24)32-28(31)17-15-12-8-6-4-2/h18-23H,3-17H2,1-2H3. The molecule has 0 saturated heterocycles. The number of hydrogen-bond acceptors (Lipinski definition) is 4. The van der Waals surface area contributed by atoms with Crippen molar-refractivity contribution in [1.29, 1.82) is 0 Å². The van der Waals surface area contributed by atoms with E-state index in [1.807, 2.05) is 36.7 Å². The van der Waals surface area contributed by atoms with E-state index in [9.17, 15) is 4.79 Å². The Kier molecular flexibility index (Phi) is 13.3. The Balaban J connectivity index is 1.68. The van der Waals surface area contributed by atoms with E-state index in [0.717, 1.165) is 36.2 Å². The van der Waals surface area contributed by atoms with Gasteiger partial charge in [0.15, 0.2) is 0 Å². The molecule has 0 unspecified atom stereocenters. The molecule has 176 valence electrons. The zero-order valence-corrected chi connectivity index (χ0v) is 20.3. The lowest BCUT2D eigenvalue weighted by atomic mass is 10.1. The minimum Gasteiger partial charge on any atom is -0.427 e. The highest BCUT2D eigenvalue weighted by molar-refractivity contribution is 5.72. The van der Waals surface area contributed by atoms with Gasteiger partial charge >= 0.3 is 5.97 Å².